The van der Waals surface area contributed by atoms with Gasteiger partial charge in [-0.3, -0.25) is 4.98 Å². The van der Waals surface area contributed by atoms with Crippen molar-refractivity contribution in [3.63, 3.8) is 0 Å². The van der Waals surface area contributed by atoms with Crippen LogP contribution in [-0.2, 0) is 5.41 Å². The van der Waals surface area contributed by atoms with Gasteiger partial charge < -0.3 is 0 Å². The minimum atomic E-state index is 0.227. The molecule has 0 unspecified atom stereocenters. The first-order valence-corrected chi connectivity index (χ1v) is 6.15. The second-order valence-electron chi connectivity index (χ2n) is 5.03. The Balaban J connectivity index is 2.42. The Hall–Kier alpha value is -1.63. The van der Waals surface area contributed by atoms with E-state index in [0.29, 0.717) is 0 Å². The maximum Gasteiger partial charge on any atom is 0.0702 e. The Morgan fingerprint density at radius 3 is 2.53 bits per heavy atom. The van der Waals surface area contributed by atoms with E-state index in [4.69, 9.17) is 0 Å². The van der Waals surface area contributed by atoms with Gasteiger partial charge >= 0.3 is 0 Å². The van der Waals surface area contributed by atoms with E-state index in [2.05, 4.69) is 56.1 Å². The number of benzene rings is 1. The van der Waals surface area contributed by atoms with E-state index in [-0.39, 0.29) is 5.41 Å². The van der Waals surface area contributed by atoms with E-state index in [0.717, 1.165) is 12.1 Å². The predicted octanol–water partition coefficient (Wildman–Crippen LogP) is 4.44. The highest BCUT2D eigenvalue weighted by molar-refractivity contribution is 5.60. The Kier molecular flexibility index (Phi) is 3.28. The van der Waals surface area contributed by atoms with E-state index in [9.17, 15) is 0 Å². The van der Waals surface area contributed by atoms with Crippen LogP contribution < -0.4 is 0 Å². The Bertz CT molecular complexity index is 486. The van der Waals surface area contributed by atoms with E-state index < -0.39 is 0 Å². The average molecular weight is 225 g/mol. The number of hydrogen-bond donors (Lipinski definition) is 0. The van der Waals surface area contributed by atoms with Crippen LogP contribution >= 0.6 is 0 Å². The van der Waals surface area contributed by atoms with E-state index in [1.807, 2.05) is 18.3 Å². The zero-order valence-electron chi connectivity index (χ0n) is 10.8. The monoisotopic (exact) mass is 225 g/mol. The highest BCUT2D eigenvalue weighted by Gasteiger charge is 2.18. The van der Waals surface area contributed by atoms with Gasteiger partial charge in [0.05, 0.1) is 5.69 Å². The van der Waals surface area contributed by atoms with E-state index >= 15 is 0 Å². The number of aromatic nitrogens is 1. The van der Waals surface area contributed by atoms with Crippen molar-refractivity contribution in [2.24, 2.45) is 0 Å². The lowest BCUT2D eigenvalue weighted by Gasteiger charge is -2.23. The highest BCUT2D eigenvalue weighted by atomic mass is 14.7. The van der Waals surface area contributed by atoms with Crippen molar-refractivity contribution in [3.05, 3.63) is 54.2 Å². The first-order chi connectivity index (χ1) is 8.13. The summed E-state index contributed by atoms with van der Waals surface area (Å²) in [6, 6.07) is 14.7. The molecule has 0 spiro atoms. The first kappa shape index (κ1) is 11.8. The van der Waals surface area contributed by atoms with Crippen LogP contribution in [0.15, 0.2) is 48.7 Å². The summed E-state index contributed by atoms with van der Waals surface area (Å²) in [7, 11) is 0. The summed E-state index contributed by atoms with van der Waals surface area (Å²) in [5, 5.41) is 0. The summed E-state index contributed by atoms with van der Waals surface area (Å²) in [5.74, 6) is 0. The van der Waals surface area contributed by atoms with Crippen molar-refractivity contribution in [2.45, 2.75) is 32.6 Å². The lowest BCUT2D eigenvalue weighted by molar-refractivity contribution is 0.506. The summed E-state index contributed by atoms with van der Waals surface area (Å²) < 4.78 is 0. The Labute approximate surface area is 104 Å². The molecule has 0 aliphatic rings. The standard InChI is InChI=1S/C16H19N/c1-4-16(2,3)14-9-7-8-13(12-14)15-10-5-6-11-17-15/h5-12H,4H2,1-3H3. The zero-order valence-corrected chi connectivity index (χ0v) is 10.8. The van der Waals surface area contributed by atoms with Crippen molar-refractivity contribution >= 4 is 0 Å². The molecular formula is C16H19N. The molecule has 88 valence electrons. The van der Waals surface area contributed by atoms with Gasteiger partial charge in [-0.2, -0.15) is 0 Å². The van der Waals surface area contributed by atoms with Crippen LogP contribution in [0.1, 0.15) is 32.8 Å². The smallest absolute Gasteiger partial charge is 0.0702 e. The van der Waals surface area contributed by atoms with Crippen molar-refractivity contribution < 1.29 is 0 Å². The molecule has 0 atom stereocenters. The van der Waals surface area contributed by atoms with Gasteiger partial charge in [0, 0.05) is 11.8 Å². The van der Waals surface area contributed by atoms with Crippen molar-refractivity contribution in [1.82, 2.24) is 4.98 Å². The molecule has 1 aromatic carbocycles. The van der Waals surface area contributed by atoms with Gasteiger partial charge in [0.1, 0.15) is 0 Å². The lowest BCUT2D eigenvalue weighted by atomic mass is 9.81. The topological polar surface area (TPSA) is 12.9 Å². The van der Waals surface area contributed by atoms with Crippen LogP contribution in [0.25, 0.3) is 11.3 Å². The van der Waals surface area contributed by atoms with Crippen LogP contribution in [-0.4, -0.2) is 4.98 Å². The number of rotatable bonds is 3. The Morgan fingerprint density at radius 2 is 1.88 bits per heavy atom. The molecule has 17 heavy (non-hydrogen) atoms. The molecule has 0 radical (unpaired) electrons. The van der Waals surface area contributed by atoms with Crippen molar-refractivity contribution in [2.75, 3.05) is 0 Å². The molecule has 0 aliphatic heterocycles. The maximum absolute atomic E-state index is 4.40. The van der Waals surface area contributed by atoms with Gasteiger partial charge in [-0.1, -0.05) is 45.0 Å². The second-order valence-corrected chi connectivity index (χ2v) is 5.03. The lowest BCUT2D eigenvalue weighted by Crippen LogP contribution is -2.15. The minimum Gasteiger partial charge on any atom is -0.256 e. The second kappa shape index (κ2) is 4.70. The first-order valence-electron chi connectivity index (χ1n) is 6.15. The fourth-order valence-corrected chi connectivity index (χ4v) is 1.84. The minimum absolute atomic E-state index is 0.227. The third kappa shape index (κ3) is 2.55. The summed E-state index contributed by atoms with van der Waals surface area (Å²) in [6.45, 7) is 6.79. The largest absolute Gasteiger partial charge is 0.256 e. The van der Waals surface area contributed by atoms with Crippen LogP contribution in [0, 0.1) is 0 Å². The maximum atomic E-state index is 4.40. The van der Waals surface area contributed by atoms with Crippen LogP contribution in [0.2, 0.25) is 0 Å². The van der Waals surface area contributed by atoms with E-state index in [1.165, 1.54) is 11.1 Å². The third-order valence-corrected chi connectivity index (χ3v) is 3.49. The number of pyridine rings is 1. The van der Waals surface area contributed by atoms with Crippen LogP contribution in [0.5, 0.6) is 0 Å². The number of hydrogen-bond acceptors (Lipinski definition) is 1. The molecule has 1 nitrogen and oxygen atoms in total. The predicted molar refractivity (Wildman–Crippen MR) is 73.0 cm³/mol. The summed E-state index contributed by atoms with van der Waals surface area (Å²) in [6.07, 6.45) is 2.98. The SMILES string of the molecule is CCC(C)(C)c1cccc(-c2ccccn2)c1. The van der Waals surface area contributed by atoms with Crippen LogP contribution in [0.3, 0.4) is 0 Å². The van der Waals surface area contributed by atoms with Gasteiger partial charge in [-0.15, -0.1) is 0 Å². The summed E-state index contributed by atoms with van der Waals surface area (Å²) in [5.41, 5.74) is 3.85. The fraction of sp³-hybridized carbons (Fsp3) is 0.312. The van der Waals surface area contributed by atoms with E-state index in [1.54, 1.807) is 0 Å². The normalized spacial score (nSPS) is 11.5. The van der Waals surface area contributed by atoms with Gasteiger partial charge in [-0.25, -0.2) is 0 Å². The molecule has 1 aromatic heterocycles. The molecule has 0 saturated heterocycles. The summed E-state index contributed by atoms with van der Waals surface area (Å²) >= 11 is 0. The third-order valence-electron chi connectivity index (χ3n) is 3.49. The summed E-state index contributed by atoms with van der Waals surface area (Å²) in [4.78, 5) is 4.40. The Morgan fingerprint density at radius 1 is 1.06 bits per heavy atom. The van der Waals surface area contributed by atoms with Gasteiger partial charge in [0.15, 0.2) is 0 Å². The molecule has 0 fully saturated rings. The molecule has 0 amide bonds. The average Bonchev–Trinajstić information content (AvgIpc) is 2.40. The molecule has 1 heterocycles. The molecule has 2 rings (SSSR count). The molecule has 0 aliphatic carbocycles. The molecule has 1 heteroatoms. The fourth-order valence-electron chi connectivity index (χ4n) is 1.84. The molecular weight excluding hydrogens is 206 g/mol. The highest BCUT2D eigenvalue weighted by Crippen LogP contribution is 2.29. The zero-order chi connectivity index (χ0) is 12.3. The van der Waals surface area contributed by atoms with Gasteiger partial charge in [-0.05, 0) is 35.6 Å². The van der Waals surface area contributed by atoms with Crippen molar-refractivity contribution in [3.8, 4) is 11.3 Å². The number of nitrogens with zero attached hydrogens (tertiary/aromatic N) is 1. The molecule has 0 bridgehead atoms. The van der Waals surface area contributed by atoms with Gasteiger partial charge in [0.2, 0.25) is 0 Å². The molecule has 0 N–H and O–H groups in total. The molecule has 2 aromatic rings. The van der Waals surface area contributed by atoms with Crippen LogP contribution in [0.4, 0.5) is 0 Å². The molecule has 0 saturated carbocycles. The van der Waals surface area contributed by atoms with Gasteiger partial charge in [0.25, 0.3) is 0 Å². The van der Waals surface area contributed by atoms with Crippen molar-refractivity contribution in [1.29, 1.82) is 0 Å². The quantitative estimate of drug-likeness (QED) is 0.752.